The first-order valence-electron chi connectivity index (χ1n) is 6.98. The van der Waals surface area contributed by atoms with Crippen LogP contribution in [-0.4, -0.2) is 49.5 Å². The van der Waals surface area contributed by atoms with Crippen molar-refractivity contribution in [1.82, 2.24) is 0 Å². The van der Waals surface area contributed by atoms with E-state index in [1.165, 1.54) is 22.2 Å². The minimum absolute atomic E-state index is 0.123. The Bertz CT molecular complexity index is 748. The van der Waals surface area contributed by atoms with Crippen molar-refractivity contribution < 1.29 is 13.5 Å². The third kappa shape index (κ3) is 6.05. The van der Waals surface area contributed by atoms with Crippen molar-refractivity contribution in [1.29, 1.82) is 0 Å². The molecule has 2 aromatic carbocycles. The molecule has 0 saturated heterocycles. The molecule has 0 saturated carbocycles. The van der Waals surface area contributed by atoms with E-state index in [-0.39, 0.29) is 40.9 Å². The van der Waals surface area contributed by atoms with Crippen molar-refractivity contribution in [2.75, 3.05) is 0 Å². The van der Waals surface area contributed by atoms with Crippen LogP contribution in [0.25, 0.3) is 0 Å². The van der Waals surface area contributed by atoms with Gasteiger partial charge in [0, 0.05) is 0 Å². The fraction of sp³-hybridized carbons (Fsp3) is 0.250. The molecule has 1 atom stereocenters. The third-order valence-corrected chi connectivity index (χ3v) is 9.25. The van der Waals surface area contributed by atoms with Crippen molar-refractivity contribution in [3.8, 4) is 0 Å². The van der Waals surface area contributed by atoms with Gasteiger partial charge in [-0.3, -0.25) is 0 Å². The van der Waals surface area contributed by atoms with E-state index >= 15 is 0 Å². The van der Waals surface area contributed by atoms with Gasteiger partial charge in [-0.05, 0) is 0 Å². The van der Waals surface area contributed by atoms with Gasteiger partial charge in [-0.2, -0.15) is 0 Å². The number of nitrogens with two attached hydrogens (primary N) is 1. The van der Waals surface area contributed by atoms with E-state index in [1.807, 2.05) is 12.1 Å². The maximum absolute atomic E-state index is 11.2. The van der Waals surface area contributed by atoms with Gasteiger partial charge < -0.3 is 0 Å². The Kier molecular flexibility index (Phi) is 6.86. The molecule has 2 aromatic rings. The van der Waals surface area contributed by atoms with Crippen LogP contribution in [0.1, 0.15) is 5.56 Å². The second-order valence-corrected chi connectivity index (χ2v) is 11.1. The Morgan fingerprint density at radius 1 is 1.04 bits per heavy atom. The Morgan fingerprint density at radius 3 is 2.26 bits per heavy atom. The quantitative estimate of drug-likeness (QED) is 0.576. The zero-order valence-electron chi connectivity index (χ0n) is 12.7. The average molecular weight is 463 g/mol. The number of aryl methyl sites for hydroxylation is 1. The van der Waals surface area contributed by atoms with Crippen LogP contribution in [0.5, 0.6) is 0 Å². The number of aliphatic hydroxyl groups is 1. The topological polar surface area (TPSA) is 80.4 Å². The van der Waals surface area contributed by atoms with Crippen LogP contribution in [0, 0.1) is 6.92 Å². The molecule has 0 aromatic heterocycles. The van der Waals surface area contributed by atoms with Crippen LogP contribution >= 0.6 is 0 Å². The summed E-state index contributed by atoms with van der Waals surface area (Å²) in [4.78, 5) is 0.125. The first-order valence-corrected chi connectivity index (χ1v) is 12.7. The molecular formula is C16H19NO3SSe2. The predicted octanol–water partition coefficient (Wildman–Crippen LogP) is 0.199. The summed E-state index contributed by atoms with van der Waals surface area (Å²) in [6.07, 6.45) is -0.312. The number of benzene rings is 2. The van der Waals surface area contributed by atoms with E-state index < -0.39 is 10.0 Å². The summed E-state index contributed by atoms with van der Waals surface area (Å²) in [7, 11) is -3.63. The minimum atomic E-state index is -3.63. The number of aliphatic hydroxyl groups excluding tert-OH is 1. The summed E-state index contributed by atoms with van der Waals surface area (Å²) >= 11 is 0.399. The molecule has 4 nitrogen and oxygen atoms in total. The number of primary sulfonamides is 1. The molecule has 1 unspecified atom stereocenters. The molecular weight excluding hydrogens is 444 g/mol. The second-order valence-electron chi connectivity index (χ2n) is 5.06. The van der Waals surface area contributed by atoms with Gasteiger partial charge in [-0.25, -0.2) is 0 Å². The second kappa shape index (κ2) is 8.45. The van der Waals surface area contributed by atoms with E-state index in [0.29, 0.717) is 0 Å². The molecule has 0 fully saturated rings. The molecule has 0 bridgehead atoms. The van der Waals surface area contributed by atoms with Crippen molar-refractivity contribution in [3.63, 3.8) is 0 Å². The molecule has 0 radical (unpaired) electrons. The van der Waals surface area contributed by atoms with Gasteiger partial charge in [0.05, 0.1) is 0 Å². The molecule has 7 heteroatoms. The monoisotopic (exact) mass is 465 g/mol. The van der Waals surface area contributed by atoms with E-state index in [2.05, 4.69) is 19.1 Å². The van der Waals surface area contributed by atoms with E-state index in [0.717, 1.165) is 15.1 Å². The van der Waals surface area contributed by atoms with Crippen molar-refractivity contribution in [3.05, 3.63) is 54.1 Å². The van der Waals surface area contributed by atoms with Crippen LogP contribution in [0.4, 0.5) is 0 Å². The molecule has 0 aliphatic heterocycles. The molecule has 23 heavy (non-hydrogen) atoms. The summed E-state index contributed by atoms with van der Waals surface area (Å²) in [5, 5.41) is 16.8. The van der Waals surface area contributed by atoms with Gasteiger partial charge >= 0.3 is 150 Å². The van der Waals surface area contributed by atoms with E-state index in [9.17, 15) is 13.5 Å². The summed E-state index contributed by atoms with van der Waals surface area (Å²) in [5.74, 6) is 0. The molecule has 0 aliphatic rings. The first-order chi connectivity index (χ1) is 10.9. The molecule has 0 heterocycles. The van der Waals surface area contributed by atoms with Crippen LogP contribution in [0.3, 0.4) is 0 Å². The Balaban J connectivity index is 1.82. The van der Waals surface area contributed by atoms with Gasteiger partial charge in [0.1, 0.15) is 0 Å². The number of hydrogen-bond acceptors (Lipinski definition) is 3. The Hall–Kier alpha value is -0.651. The zero-order chi connectivity index (χ0) is 16.9. The Morgan fingerprint density at radius 2 is 1.65 bits per heavy atom. The summed E-state index contributed by atoms with van der Waals surface area (Å²) < 4.78 is 24.8. The van der Waals surface area contributed by atoms with Crippen LogP contribution in [-0.2, 0) is 10.0 Å². The molecule has 124 valence electrons. The van der Waals surface area contributed by atoms with Gasteiger partial charge in [0.25, 0.3) is 0 Å². The molecule has 0 amide bonds. The zero-order valence-corrected chi connectivity index (χ0v) is 16.9. The molecule has 3 N–H and O–H groups in total. The Labute approximate surface area is 149 Å². The van der Waals surface area contributed by atoms with E-state index in [4.69, 9.17) is 5.14 Å². The standard InChI is InChI=1S/C16H19NO3SSe2/c1-12-4-2-3-5-16(12)23-11-13(18)10-22-15-8-6-14(7-9-15)21(17,19)20/h2-9,13,18H,10-11H2,1H3,(H2,17,19,20). The van der Waals surface area contributed by atoms with E-state index in [1.54, 1.807) is 12.1 Å². The summed E-state index contributed by atoms with van der Waals surface area (Å²) in [6.45, 7) is 2.10. The van der Waals surface area contributed by atoms with Crippen molar-refractivity contribution in [2.24, 2.45) is 5.14 Å². The SMILES string of the molecule is Cc1ccccc1[Se]CC(O)C[Se]c1ccc(S(N)(=O)=O)cc1. The summed E-state index contributed by atoms with van der Waals surface area (Å²) in [6, 6.07) is 14.9. The molecule has 2 rings (SSSR count). The van der Waals surface area contributed by atoms with Gasteiger partial charge in [0.2, 0.25) is 0 Å². The number of rotatable bonds is 7. The molecule has 0 spiro atoms. The number of sulfonamides is 1. The first kappa shape index (κ1) is 18.7. The van der Waals surface area contributed by atoms with Crippen molar-refractivity contribution >= 4 is 48.9 Å². The van der Waals surface area contributed by atoms with Crippen LogP contribution in [0.2, 0.25) is 10.6 Å². The third-order valence-electron chi connectivity index (χ3n) is 3.12. The normalized spacial score (nSPS) is 13.0. The predicted molar refractivity (Wildman–Crippen MR) is 95.4 cm³/mol. The average Bonchev–Trinajstić information content (AvgIpc) is 2.51. The maximum atomic E-state index is 11.2. The fourth-order valence-electron chi connectivity index (χ4n) is 1.87. The van der Waals surface area contributed by atoms with Gasteiger partial charge in [-0.1, -0.05) is 0 Å². The van der Waals surface area contributed by atoms with Gasteiger partial charge in [-0.15, -0.1) is 0 Å². The van der Waals surface area contributed by atoms with Crippen LogP contribution < -0.4 is 14.1 Å². The fourth-order valence-corrected chi connectivity index (χ4v) is 6.90. The van der Waals surface area contributed by atoms with Gasteiger partial charge in [0.15, 0.2) is 0 Å². The van der Waals surface area contributed by atoms with Crippen molar-refractivity contribution in [2.45, 2.75) is 28.6 Å². The number of hydrogen-bond donors (Lipinski definition) is 2. The molecule has 0 aliphatic carbocycles. The van der Waals surface area contributed by atoms with Crippen LogP contribution in [0.15, 0.2) is 53.4 Å². The summed E-state index contributed by atoms with van der Waals surface area (Å²) in [5.41, 5.74) is 1.28.